The molecule has 7 nitrogen and oxygen atoms in total. The summed E-state index contributed by atoms with van der Waals surface area (Å²) in [5, 5.41) is 9.51. The molecule has 2 aromatic rings. The highest BCUT2D eigenvalue weighted by molar-refractivity contribution is 7.99. The summed E-state index contributed by atoms with van der Waals surface area (Å²) in [6.07, 6.45) is 1.67. The summed E-state index contributed by atoms with van der Waals surface area (Å²) in [5.74, 6) is 0.290. The Balaban J connectivity index is 1.62. The molecule has 0 aromatic carbocycles. The molecule has 0 saturated carbocycles. The van der Waals surface area contributed by atoms with Gasteiger partial charge in [0.25, 0.3) is 0 Å². The van der Waals surface area contributed by atoms with Gasteiger partial charge in [0.1, 0.15) is 0 Å². The van der Waals surface area contributed by atoms with E-state index in [1.807, 2.05) is 0 Å². The summed E-state index contributed by atoms with van der Waals surface area (Å²) < 4.78 is 1.68. The number of thioether (sulfide) groups is 1. The van der Waals surface area contributed by atoms with Gasteiger partial charge in [-0.2, -0.15) is 0 Å². The van der Waals surface area contributed by atoms with Gasteiger partial charge in [0, 0.05) is 39.3 Å². The first-order valence-electron chi connectivity index (χ1n) is 7.31. The molecule has 10 heteroatoms. The topological polar surface area (TPSA) is 70.8 Å². The van der Waals surface area contributed by atoms with E-state index in [1.54, 1.807) is 33.4 Å². The lowest BCUT2D eigenvalue weighted by Crippen LogP contribution is -2.50. The molecule has 24 heavy (non-hydrogen) atoms. The summed E-state index contributed by atoms with van der Waals surface area (Å²) in [4.78, 5) is 27.1. The number of amides is 2. The predicted molar refractivity (Wildman–Crippen MR) is 92.6 cm³/mol. The van der Waals surface area contributed by atoms with Crippen LogP contribution in [-0.2, 0) is 9.59 Å². The Labute approximate surface area is 152 Å². The Morgan fingerprint density at radius 1 is 1.17 bits per heavy atom. The summed E-state index contributed by atoms with van der Waals surface area (Å²) in [7, 11) is 0. The Kier molecular flexibility index (Phi) is 5.17. The number of fused-ring (bicyclic) bond motifs is 1. The van der Waals surface area contributed by atoms with Crippen LogP contribution in [0.4, 0.5) is 0 Å². The Bertz CT molecular complexity index is 789. The van der Waals surface area contributed by atoms with Crippen molar-refractivity contribution in [2.75, 3.05) is 31.9 Å². The molecule has 1 fully saturated rings. The van der Waals surface area contributed by atoms with Crippen molar-refractivity contribution in [3.63, 3.8) is 0 Å². The fraction of sp³-hybridized carbons (Fsp3) is 0.429. The molecule has 2 amide bonds. The van der Waals surface area contributed by atoms with Crippen molar-refractivity contribution in [3.8, 4) is 0 Å². The molecule has 0 radical (unpaired) electrons. The molecule has 2 aromatic heterocycles. The van der Waals surface area contributed by atoms with Crippen LogP contribution in [0.2, 0.25) is 10.0 Å². The van der Waals surface area contributed by atoms with Crippen LogP contribution in [0.15, 0.2) is 17.4 Å². The Morgan fingerprint density at radius 2 is 1.83 bits per heavy atom. The first kappa shape index (κ1) is 17.3. The zero-order valence-corrected chi connectivity index (χ0v) is 15.2. The quantitative estimate of drug-likeness (QED) is 0.751. The van der Waals surface area contributed by atoms with E-state index in [-0.39, 0.29) is 17.6 Å². The van der Waals surface area contributed by atoms with Gasteiger partial charge in [-0.25, -0.2) is 0 Å². The maximum atomic E-state index is 12.3. The molecule has 0 bridgehead atoms. The predicted octanol–water partition coefficient (Wildman–Crippen LogP) is 1.82. The smallest absolute Gasteiger partial charge is 0.233 e. The number of pyridine rings is 1. The van der Waals surface area contributed by atoms with E-state index in [0.717, 1.165) is 0 Å². The molecular weight excluding hydrogens is 373 g/mol. The van der Waals surface area contributed by atoms with Crippen molar-refractivity contribution in [3.05, 3.63) is 22.3 Å². The molecule has 3 heterocycles. The minimum absolute atomic E-state index is 0.00748. The minimum Gasteiger partial charge on any atom is -0.339 e. The molecule has 0 unspecified atom stereocenters. The minimum atomic E-state index is 0.00748. The lowest BCUT2D eigenvalue weighted by Gasteiger charge is -2.34. The van der Waals surface area contributed by atoms with Crippen LogP contribution in [0.3, 0.4) is 0 Å². The van der Waals surface area contributed by atoms with Gasteiger partial charge >= 0.3 is 0 Å². The van der Waals surface area contributed by atoms with Gasteiger partial charge < -0.3 is 9.80 Å². The lowest BCUT2D eigenvalue weighted by atomic mass is 10.3. The first-order chi connectivity index (χ1) is 11.5. The molecule has 0 aliphatic carbocycles. The fourth-order valence-corrected chi connectivity index (χ4v) is 3.81. The highest BCUT2D eigenvalue weighted by Gasteiger charge is 2.23. The number of nitrogens with zero attached hydrogens (tertiary/aromatic N) is 5. The molecule has 1 aliphatic heterocycles. The van der Waals surface area contributed by atoms with Gasteiger partial charge in [-0.3, -0.25) is 14.0 Å². The second-order valence-electron chi connectivity index (χ2n) is 5.36. The van der Waals surface area contributed by atoms with Crippen LogP contribution in [0, 0.1) is 0 Å². The van der Waals surface area contributed by atoms with Crippen molar-refractivity contribution < 1.29 is 9.59 Å². The van der Waals surface area contributed by atoms with E-state index in [0.29, 0.717) is 47.0 Å². The Hall–Kier alpha value is -1.51. The number of carbonyl (C=O) groups excluding carboxylic acids is 2. The molecule has 1 saturated heterocycles. The van der Waals surface area contributed by atoms with Crippen molar-refractivity contribution in [2.45, 2.75) is 12.1 Å². The van der Waals surface area contributed by atoms with Gasteiger partial charge in [0.15, 0.2) is 10.8 Å². The molecule has 128 valence electrons. The summed E-state index contributed by atoms with van der Waals surface area (Å²) in [6.45, 7) is 3.80. The lowest BCUT2D eigenvalue weighted by molar-refractivity contribution is -0.136. The monoisotopic (exact) mass is 387 g/mol. The molecular formula is C14H15Cl2N5O2S. The van der Waals surface area contributed by atoms with Crippen LogP contribution in [-0.4, -0.2) is 68.1 Å². The van der Waals surface area contributed by atoms with Gasteiger partial charge in [0.05, 0.1) is 15.8 Å². The molecule has 0 N–H and O–H groups in total. The molecule has 0 atom stereocenters. The van der Waals surface area contributed by atoms with Gasteiger partial charge in [0.2, 0.25) is 11.8 Å². The average molecular weight is 388 g/mol. The van der Waals surface area contributed by atoms with E-state index in [1.165, 1.54) is 11.8 Å². The number of rotatable bonds is 3. The maximum absolute atomic E-state index is 12.3. The van der Waals surface area contributed by atoms with Crippen molar-refractivity contribution in [2.24, 2.45) is 0 Å². The van der Waals surface area contributed by atoms with Gasteiger partial charge in [-0.05, 0) is 6.07 Å². The second-order valence-corrected chi connectivity index (χ2v) is 7.14. The van der Waals surface area contributed by atoms with Crippen molar-refractivity contribution in [1.82, 2.24) is 24.4 Å². The standard InChI is InChI=1S/C14H15Cl2N5O2S/c1-9(22)19-2-4-20(5-3-19)12(23)8-24-14-18-17-13-11(16)6-10(15)7-21(13)14/h6-7H,2-5,8H2,1H3. The zero-order valence-electron chi connectivity index (χ0n) is 12.9. The van der Waals surface area contributed by atoms with Crippen molar-refractivity contribution >= 4 is 52.4 Å². The van der Waals surface area contributed by atoms with E-state index >= 15 is 0 Å². The summed E-state index contributed by atoms with van der Waals surface area (Å²) >= 11 is 13.4. The molecule has 1 aliphatic rings. The third-order valence-electron chi connectivity index (χ3n) is 3.80. The third-order valence-corrected chi connectivity index (χ3v) is 5.21. The van der Waals surface area contributed by atoms with Crippen LogP contribution in [0.5, 0.6) is 0 Å². The zero-order chi connectivity index (χ0) is 17.3. The fourth-order valence-electron chi connectivity index (χ4n) is 2.49. The Morgan fingerprint density at radius 3 is 2.50 bits per heavy atom. The highest BCUT2D eigenvalue weighted by atomic mass is 35.5. The second kappa shape index (κ2) is 7.16. The van der Waals surface area contributed by atoms with E-state index in [2.05, 4.69) is 10.2 Å². The maximum Gasteiger partial charge on any atom is 0.233 e. The first-order valence-corrected chi connectivity index (χ1v) is 9.05. The molecule has 3 rings (SSSR count). The van der Waals surface area contributed by atoms with Crippen LogP contribution < -0.4 is 0 Å². The van der Waals surface area contributed by atoms with Crippen LogP contribution in [0.25, 0.3) is 5.65 Å². The number of piperazine rings is 1. The van der Waals surface area contributed by atoms with E-state index in [9.17, 15) is 9.59 Å². The summed E-state index contributed by atoms with van der Waals surface area (Å²) in [5.41, 5.74) is 0.506. The number of hydrogen-bond donors (Lipinski definition) is 0. The summed E-state index contributed by atoms with van der Waals surface area (Å²) in [6, 6.07) is 1.60. The average Bonchev–Trinajstić information content (AvgIpc) is 2.96. The molecule has 0 spiro atoms. The number of carbonyl (C=O) groups is 2. The van der Waals surface area contributed by atoms with Gasteiger partial charge in [-0.15, -0.1) is 10.2 Å². The largest absolute Gasteiger partial charge is 0.339 e. The van der Waals surface area contributed by atoms with Crippen LogP contribution >= 0.6 is 35.0 Å². The third kappa shape index (κ3) is 3.60. The SMILES string of the molecule is CC(=O)N1CCN(C(=O)CSc2nnc3c(Cl)cc(Cl)cn23)CC1. The number of aromatic nitrogens is 3. The normalized spacial score (nSPS) is 15.1. The van der Waals surface area contributed by atoms with E-state index < -0.39 is 0 Å². The van der Waals surface area contributed by atoms with Crippen molar-refractivity contribution in [1.29, 1.82) is 0 Å². The number of halogens is 2. The van der Waals surface area contributed by atoms with E-state index in [4.69, 9.17) is 23.2 Å². The van der Waals surface area contributed by atoms with Gasteiger partial charge in [-0.1, -0.05) is 35.0 Å². The highest BCUT2D eigenvalue weighted by Crippen LogP contribution is 2.25. The number of hydrogen-bond acceptors (Lipinski definition) is 5. The van der Waals surface area contributed by atoms with Crippen LogP contribution in [0.1, 0.15) is 6.92 Å².